The summed E-state index contributed by atoms with van der Waals surface area (Å²) >= 11 is 0. The first kappa shape index (κ1) is 4.32. The van der Waals surface area contributed by atoms with Crippen LogP contribution in [-0.4, -0.2) is 17.1 Å². The molecule has 3 N–H and O–H groups in total. The summed E-state index contributed by atoms with van der Waals surface area (Å²) in [6.07, 6.45) is 0. The zero-order chi connectivity index (χ0) is 8.58. The van der Waals surface area contributed by atoms with Gasteiger partial charge in [0.1, 0.15) is 6.02 Å². The Balaban J connectivity index is 4.57. The Labute approximate surface area is 51.3 Å². The maximum atomic E-state index is 10.2. The Bertz CT molecular complexity index is 150. The standard InChI is InChI=1S/C5H11NO2/c1-3(2)4(6)5(7)8/h3-4H,6H2,1-2H3,(H,7,8)/t4-/m0/s1/i3D,4D. The SMILES string of the molecule is [2H]C(C)(C)[C@]([2H])(N)C(=O)O. The molecule has 0 radical (unpaired) electrons. The predicted octanol–water partition coefficient (Wildman–Crippen LogP) is 0.0543. The highest BCUT2D eigenvalue weighted by molar-refractivity contribution is 5.73. The Kier molecular flexibility index (Phi) is 1.44. The molecule has 0 amide bonds. The highest BCUT2D eigenvalue weighted by Crippen LogP contribution is 1.96. The van der Waals surface area contributed by atoms with E-state index in [4.69, 9.17) is 13.6 Å². The van der Waals surface area contributed by atoms with E-state index in [0.29, 0.717) is 0 Å². The van der Waals surface area contributed by atoms with Gasteiger partial charge in [0.05, 0.1) is 1.37 Å². The minimum Gasteiger partial charge on any atom is -0.480 e. The van der Waals surface area contributed by atoms with Crippen LogP contribution >= 0.6 is 0 Å². The summed E-state index contributed by atoms with van der Waals surface area (Å²) in [5.74, 6) is -2.97. The topological polar surface area (TPSA) is 63.3 Å². The van der Waals surface area contributed by atoms with Crippen molar-refractivity contribution in [3.05, 3.63) is 0 Å². The third kappa shape index (κ3) is 1.93. The molecule has 1 atom stereocenters. The van der Waals surface area contributed by atoms with Crippen molar-refractivity contribution in [1.82, 2.24) is 0 Å². The number of carboxylic acid groups (broad SMARTS) is 1. The first-order chi connectivity index (χ1) is 4.19. The number of hydrogen-bond donors (Lipinski definition) is 2. The van der Waals surface area contributed by atoms with E-state index in [-0.39, 0.29) is 0 Å². The van der Waals surface area contributed by atoms with Crippen LogP contribution in [0.25, 0.3) is 0 Å². The van der Waals surface area contributed by atoms with Gasteiger partial charge in [-0.15, -0.1) is 0 Å². The molecule has 3 nitrogen and oxygen atoms in total. The second-order valence-electron chi connectivity index (χ2n) is 1.72. The van der Waals surface area contributed by atoms with Crippen LogP contribution in [0.4, 0.5) is 0 Å². The highest BCUT2D eigenvalue weighted by atomic mass is 16.4. The van der Waals surface area contributed by atoms with Gasteiger partial charge in [-0.3, -0.25) is 4.79 Å². The monoisotopic (exact) mass is 119 g/mol. The molecule has 0 heterocycles. The van der Waals surface area contributed by atoms with Crippen LogP contribution in [0.1, 0.15) is 16.6 Å². The maximum Gasteiger partial charge on any atom is 0.320 e. The normalized spacial score (nSPS) is 22.9. The minimum absolute atomic E-state index is 1.29. The molecule has 0 aliphatic carbocycles. The third-order valence-corrected chi connectivity index (χ3v) is 0.769. The quantitative estimate of drug-likeness (QED) is 0.540. The zero-order valence-corrected chi connectivity index (χ0v) is 4.93. The van der Waals surface area contributed by atoms with Crippen molar-refractivity contribution >= 4 is 5.97 Å². The number of hydrogen-bond acceptors (Lipinski definition) is 2. The van der Waals surface area contributed by atoms with Gasteiger partial charge in [0.15, 0.2) is 0 Å². The molecular formula is C5H11NO2. The predicted molar refractivity (Wildman–Crippen MR) is 30.4 cm³/mol. The number of carboxylic acids is 1. The summed E-state index contributed by atoms with van der Waals surface area (Å²) < 4.78 is 14.2. The van der Waals surface area contributed by atoms with Gasteiger partial charge in [0, 0.05) is 1.37 Å². The van der Waals surface area contributed by atoms with Crippen LogP contribution in [0.5, 0.6) is 0 Å². The minimum atomic E-state index is -2.23. The highest BCUT2D eigenvalue weighted by Gasteiger charge is 2.14. The Morgan fingerprint density at radius 1 is 1.88 bits per heavy atom. The molecule has 0 aliphatic heterocycles. The Hall–Kier alpha value is -0.570. The lowest BCUT2D eigenvalue weighted by molar-refractivity contribution is -0.139. The lowest BCUT2D eigenvalue weighted by Crippen LogP contribution is -2.34. The van der Waals surface area contributed by atoms with E-state index in [1.54, 1.807) is 0 Å². The lowest BCUT2D eigenvalue weighted by Gasteiger charge is -2.07. The van der Waals surface area contributed by atoms with Gasteiger partial charge in [-0.25, -0.2) is 0 Å². The van der Waals surface area contributed by atoms with Crippen molar-refractivity contribution < 1.29 is 12.6 Å². The van der Waals surface area contributed by atoms with E-state index in [1.165, 1.54) is 13.8 Å². The van der Waals surface area contributed by atoms with E-state index in [9.17, 15) is 4.79 Å². The Morgan fingerprint density at radius 3 is 2.25 bits per heavy atom. The lowest BCUT2D eigenvalue weighted by atomic mass is 10.1. The van der Waals surface area contributed by atoms with Crippen LogP contribution in [0.2, 0.25) is 0 Å². The van der Waals surface area contributed by atoms with Crippen molar-refractivity contribution in [2.45, 2.75) is 19.9 Å². The fourth-order valence-electron chi connectivity index (χ4n) is 0.214. The second kappa shape index (κ2) is 2.67. The maximum absolute atomic E-state index is 10.2. The molecule has 0 spiro atoms. The van der Waals surface area contributed by atoms with Crippen molar-refractivity contribution in [2.24, 2.45) is 11.6 Å². The molecule has 0 aromatic heterocycles. The van der Waals surface area contributed by atoms with E-state index >= 15 is 0 Å². The molecule has 0 bridgehead atoms. The number of rotatable bonds is 2. The first-order valence-electron chi connectivity index (χ1n) is 3.22. The van der Waals surface area contributed by atoms with Crippen LogP contribution < -0.4 is 5.73 Å². The summed E-state index contributed by atoms with van der Waals surface area (Å²) in [5, 5.41) is 8.34. The molecular weight excluding hydrogens is 106 g/mol. The molecule has 0 unspecified atom stereocenters. The molecule has 0 aromatic carbocycles. The molecule has 0 aromatic rings. The second-order valence-corrected chi connectivity index (χ2v) is 1.72. The van der Waals surface area contributed by atoms with Gasteiger partial charge in [0.2, 0.25) is 0 Å². The number of aliphatic carboxylic acids is 1. The number of carbonyl (C=O) groups is 1. The summed E-state index contributed by atoms with van der Waals surface area (Å²) in [7, 11) is 0. The molecule has 3 heteroatoms. The average Bonchev–Trinajstić information content (AvgIpc) is 1.62. The first-order valence-corrected chi connectivity index (χ1v) is 2.22. The van der Waals surface area contributed by atoms with Gasteiger partial charge >= 0.3 is 5.97 Å². The summed E-state index contributed by atoms with van der Waals surface area (Å²) in [5.41, 5.74) is 5.02. The smallest absolute Gasteiger partial charge is 0.320 e. The van der Waals surface area contributed by atoms with Gasteiger partial charge in [-0.2, -0.15) is 0 Å². The van der Waals surface area contributed by atoms with Crippen molar-refractivity contribution in [3.8, 4) is 0 Å². The largest absolute Gasteiger partial charge is 0.480 e. The van der Waals surface area contributed by atoms with E-state index in [1.807, 2.05) is 0 Å². The summed E-state index contributed by atoms with van der Waals surface area (Å²) in [6.45, 7) is 2.57. The van der Waals surface area contributed by atoms with Crippen LogP contribution in [0.15, 0.2) is 0 Å². The molecule has 0 saturated carbocycles. The van der Waals surface area contributed by atoms with Crippen molar-refractivity contribution in [3.63, 3.8) is 0 Å². The molecule has 48 valence electrons. The van der Waals surface area contributed by atoms with E-state index in [0.717, 1.165) is 0 Å². The van der Waals surface area contributed by atoms with Gasteiger partial charge < -0.3 is 10.8 Å². The third-order valence-electron chi connectivity index (χ3n) is 0.769. The molecule has 0 saturated heterocycles. The van der Waals surface area contributed by atoms with Gasteiger partial charge in [0.25, 0.3) is 0 Å². The van der Waals surface area contributed by atoms with E-state index < -0.39 is 17.9 Å². The van der Waals surface area contributed by atoms with E-state index in [2.05, 4.69) is 0 Å². The fourth-order valence-corrected chi connectivity index (χ4v) is 0.214. The summed E-state index contributed by atoms with van der Waals surface area (Å²) in [4.78, 5) is 10.2. The van der Waals surface area contributed by atoms with Crippen LogP contribution in [0.3, 0.4) is 0 Å². The van der Waals surface area contributed by atoms with Crippen molar-refractivity contribution in [2.75, 3.05) is 0 Å². The number of nitrogens with two attached hydrogens (primary N) is 1. The zero-order valence-electron chi connectivity index (χ0n) is 6.93. The van der Waals surface area contributed by atoms with Crippen LogP contribution in [0, 0.1) is 5.89 Å². The van der Waals surface area contributed by atoms with Gasteiger partial charge in [-0.05, 0) is 5.89 Å². The Morgan fingerprint density at radius 2 is 2.25 bits per heavy atom. The molecule has 0 fully saturated rings. The molecule has 0 rings (SSSR count). The molecule has 8 heavy (non-hydrogen) atoms. The van der Waals surface area contributed by atoms with Crippen LogP contribution in [-0.2, 0) is 4.79 Å². The fraction of sp³-hybridized carbons (Fsp3) is 0.800. The van der Waals surface area contributed by atoms with Crippen molar-refractivity contribution in [1.29, 1.82) is 0 Å². The summed E-state index contributed by atoms with van der Waals surface area (Å²) in [6, 6.07) is -2.23. The molecule has 0 aliphatic rings. The average molecular weight is 119 g/mol. The van der Waals surface area contributed by atoms with Gasteiger partial charge in [-0.1, -0.05) is 13.8 Å².